The molecule has 0 aliphatic carbocycles. The molecule has 0 unspecified atom stereocenters. The molecule has 2 atom stereocenters. The van der Waals surface area contributed by atoms with Gasteiger partial charge in [0.2, 0.25) is 11.8 Å². The maximum absolute atomic E-state index is 13.3. The third-order valence-electron chi connectivity index (χ3n) is 6.65. The Hall–Kier alpha value is -4.52. The smallest absolute Gasteiger partial charge is 0.411 e. The summed E-state index contributed by atoms with van der Waals surface area (Å²) in [6.07, 6.45) is 3.21. The first-order valence-electron chi connectivity index (χ1n) is 13.1. The lowest BCUT2D eigenvalue weighted by Gasteiger charge is -2.22. The van der Waals surface area contributed by atoms with Crippen molar-refractivity contribution in [2.75, 3.05) is 24.3 Å². The van der Waals surface area contributed by atoms with Crippen LogP contribution in [0.1, 0.15) is 48.5 Å². The highest BCUT2D eigenvalue weighted by atomic mass is 35.5. The fraction of sp³-hybridized carbons (Fsp3) is 0.370. The van der Waals surface area contributed by atoms with Crippen LogP contribution in [0.3, 0.4) is 0 Å². The number of nitrogens with one attached hydrogen (secondary N) is 4. The lowest BCUT2D eigenvalue weighted by molar-refractivity contribution is -0.123. The summed E-state index contributed by atoms with van der Waals surface area (Å²) in [5, 5.41) is 22.8. The SMILES string of the molecule is COC(=O)Nc1ccc2c(c1)NC(=O)C[C@@H](C)CCC[C@@H](C(=O)NCCc1cc(Cl)ccc1-n1cnnn1)NC2=O. The highest BCUT2D eigenvalue weighted by molar-refractivity contribution is 6.30. The Morgan fingerprint density at radius 3 is 2.76 bits per heavy atom. The molecule has 0 spiro atoms. The topological polar surface area (TPSA) is 169 Å². The van der Waals surface area contributed by atoms with Crippen molar-refractivity contribution in [1.29, 1.82) is 0 Å². The van der Waals surface area contributed by atoms with Crippen LogP contribution in [0.4, 0.5) is 16.2 Å². The van der Waals surface area contributed by atoms with Crippen molar-refractivity contribution in [2.45, 2.75) is 45.1 Å². The van der Waals surface area contributed by atoms with Crippen LogP contribution in [0.25, 0.3) is 5.69 Å². The van der Waals surface area contributed by atoms with Crippen molar-refractivity contribution in [3.8, 4) is 5.69 Å². The summed E-state index contributed by atoms with van der Waals surface area (Å²) in [6, 6.07) is 8.98. The molecule has 1 aliphatic rings. The molecular weight excluding hydrogens is 552 g/mol. The molecule has 13 nitrogen and oxygen atoms in total. The first-order chi connectivity index (χ1) is 19.7. The van der Waals surface area contributed by atoms with Gasteiger partial charge in [0, 0.05) is 23.7 Å². The zero-order valence-electron chi connectivity index (χ0n) is 22.6. The van der Waals surface area contributed by atoms with Crippen molar-refractivity contribution in [3.63, 3.8) is 0 Å². The van der Waals surface area contributed by atoms with Gasteiger partial charge < -0.3 is 20.7 Å². The highest BCUT2D eigenvalue weighted by Gasteiger charge is 2.25. The average molecular weight is 583 g/mol. The summed E-state index contributed by atoms with van der Waals surface area (Å²) in [5.41, 5.74) is 2.28. The van der Waals surface area contributed by atoms with E-state index >= 15 is 0 Å². The van der Waals surface area contributed by atoms with Crippen molar-refractivity contribution >= 4 is 46.8 Å². The number of amides is 4. The number of hydrogen-bond donors (Lipinski definition) is 4. The number of ether oxygens (including phenoxy) is 1. The van der Waals surface area contributed by atoms with Crippen LogP contribution in [-0.2, 0) is 20.7 Å². The van der Waals surface area contributed by atoms with E-state index in [4.69, 9.17) is 11.6 Å². The van der Waals surface area contributed by atoms with Crippen molar-refractivity contribution in [2.24, 2.45) is 5.92 Å². The minimum absolute atomic E-state index is 0.0567. The Balaban J connectivity index is 1.49. The van der Waals surface area contributed by atoms with Crippen LogP contribution in [0.2, 0.25) is 5.02 Å². The minimum Gasteiger partial charge on any atom is -0.453 e. The molecular formula is C27H31ClN8O5. The van der Waals surface area contributed by atoms with Gasteiger partial charge in [-0.1, -0.05) is 31.4 Å². The van der Waals surface area contributed by atoms with Gasteiger partial charge >= 0.3 is 6.09 Å². The van der Waals surface area contributed by atoms with E-state index in [0.29, 0.717) is 36.4 Å². The molecule has 4 amide bonds. The van der Waals surface area contributed by atoms with Crippen LogP contribution in [0.5, 0.6) is 0 Å². The number of carbonyl (C=O) groups is 4. The van der Waals surface area contributed by atoms with Crippen LogP contribution >= 0.6 is 11.6 Å². The van der Waals surface area contributed by atoms with E-state index in [1.807, 2.05) is 6.92 Å². The Labute approximate surface area is 241 Å². The van der Waals surface area contributed by atoms with Gasteiger partial charge in [-0.25, -0.2) is 9.48 Å². The van der Waals surface area contributed by atoms with Crippen LogP contribution in [-0.4, -0.2) is 63.7 Å². The number of rotatable bonds is 6. The second-order valence-electron chi connectivity index (χ2n) is 9.76. The summed E-state index contributed by atoms with van der Waals surface area (Å²) in [4.78, 5) is 50.9. The van der Waals surface area contributed by atoms with Gasteiger partial charge in [-0.15, -0.1) is 5.10 Å². The number of methoxy groups -OCH3 is 1. The predicted molar refractivity (Wildman–Crippen MR) is 151 cm³/mol. The van der Waals surface area contributed by atoms with Crippen molar-refractivity contribution in [1.82, 2.24) is 30.8 Å². The summed E-state index contributed by atoms with van der Waals surface area (Å²) < 4.78 is 6.14. The molecule has 2 heterocycles. The molecule has 4 rings (SSSR count). The summed E-state index contributed by atoms with van der Waals surface area (Å²) >= 11 is 6.20. The van der Waals surface area contributed by atoms with E-state index in [2.05, 4.69) is 41.5 Å². The van der Waals surface area contributed by atoms with Crippen molar-refractivity contribution in [3.05, 3.63) is 58.9 Å². The molecule has 0 saturated carbocycles. The maximum Gasteiger partial charge on any atom is 0.411 e. The van der Waals surface area contributed by atoms with Crippen molar-refractivity contribution < 1.29 is 23.9 Å². The molecule has 0 radical (unpaired) electrons. The number of tetrazole rings is 1. The summed E-state index contributed by atoms with van der Waals surface area (Å²) in [5.74, 6) is -1.06. The molecule has 4 N–H and O–H groups in total. The molecule has 1 aromatic heterocycles. The fourth-order valence-electron chi connectivity index (χ4n) is 4.58. The number of carbonyl (C=O) groups excluding carboxylic acids is 4. The second-order valence-corrected chi connectivity index (χ2v) is 10.2. The molecule has 1 aliphatic heterocycles. The van der Waals surface area contributed by atoms with Gasteiger partial charge in [0.1, 0.15) is 12.4 Å². The molecule has 0 saturated heterocycles. The largest absolute Gasteiger partial charge is 0.453 e. The third-order valence-corrected chi connectivity index (χ3v) is 6.88. The van der Waals surface area contributed by atoms with E-state index in [9.17, 15) is 19.2 Å². The summed E-state index contributed by atoms with van der Waals surface area (Å²) in [6.45, 7) is 2.24. The standard InChI is InChI=1S/C27H31ClN8O5/c1-16-4-3-5-21(26(39)29-11-10-17-13-18(28)6-9-23(17)36-15-30-34-35-36)33-25(38)20-8-7-19(31-27(40)41-2)14-22(20)32-24(37)12-16/h6-9,13-16,21H,3-5,10-12H2,1-2H3,(H,29,39)(H,31,40)(H,32,37)(H,33,38)/t16-,21-/m0/s1. The van der Waals surface area contributed by atoms with E-state index in [-0.39, 0.29) is 41.9 Å². The number of anilines is 2. The Morgan fingerprint density at radius 1 is 1.17 bits per heavy atom. The lowest BCUT2D eigenvalue weighted by atomic mass is 9.97. The zero-order valence-corrected chi connectivity index (χ0v) is 23.4. The van der Waals surface area contributed by atoms with E-state index < -0.39 is 18.0 Å². The average Bonchev–Trinajstić information content (AvgIpc) is 3.46. The van der Waals surface area contributed by atoms with E-state index in [0.717, 1.165) is 11.3 Å². The van der Waals surface area contributed by atoms with E-state index in [1.54, 1.807) is 18.2 Å². The van der Waals surface area contributed by atoms with Gasteiger partial charge in [-0.2, -0.15) is 0 Å². The minimum atomic E-state index is -0.802. The third kappa shape index (κ3) is 8.01. The number of fused-ring (bicyclic) bond motifs is 1. The number of aromatic nitrogens is 4. The van der Waals surface area contributed by atoms with Gasteiger partial charge in [0.05, 0.1) is 24.0 Å². The molecule has 3 aromatic rings. The quantitative estimate of drug-likeness (QED) is 0.343. The first-order valence-corrected chi connectivity index (χ1v) is 13.5. The molecule has 41 heavy (non-hydrogen) atoms. The maximum atomic E-state index is 13.3. The number of nitrogens with zero attached hydrogens (tertiary/aromatic N) is 4. The fourth-order valence-corrected chi connectivity index (χ4v) is 4.78. The number of benzene rings is 2. The highest BCUT2D eigenvalue weighted by Crippen LogP contribution is 2.24. The van der Waals surface area contributed by atoms with Crippen LogP contribution in [0.15, 0.2) is 42.7 Å². The lowest BCUT2D eigenvalue weighted by Crippen LogP contribution is -2.47. The van der Waals surface area contributed by atoms with Gasteiger partial charge in [-0.3, -0.25) is 19.7 Å². The molecule has 2 aromatic carbocycles. The Kier molecular flexibility index (Phi) is 9.85. The van der Waals surface area contributed by atoms with Gasteiger partial charge in [0.15, 0.2) is 0 Å². The number of halogens is 1. The van der Waals surface area contributed by atoms with Gasteiger partial charge in [0.25, 0.3) is 5.91 Å². The van der Waals surface area contributed by atoms with E-state index in [1.165, 1.54) is 36.3 Å². The Bertz CT molecular complexity index is 1410. The molecule has 14 heteroatoms. The predicted octanol–water partition coefficient (Wildman–Crippen LogP) is 3.10. The Morgan fingerprint density at radius 2 is 2.00 bits per heavy atom. The van der Waals surface area contributed by atoms with Gasteiger partial charge in [-0.05, 0) is 71.1 Å². The second kappa shape index (κ2) is 13.7. The van der Waals surface area contributed by atoms with Crippen LogP contribution in [0, 0.1) is 5.92 Å². The monoisotopic (exact) mass is 582 g/mol. The summed E-state index contributed by atoms with van der Waals surface area (Å²) in [7, 11) is 1.23. The molecule has 0 bridgehead atoms. The molecule has 0 fully saturated rings. The first kappa shape index (κ1) is 29.5. The zero-order chi connectivity index (χ0) is 29.4. The normalized spacial score (nSPS) is 17.6. The van der Waals surface area contributed by atoms with Crippen LogP contribution < -0.4 is 21.3 Å². The number of hydrogen-bond acceptors (Lipinski definition) is 8. The molecule has 216 valence electrons.